The molecule has 2 nitrogen and oxygen atoms in total. The van der Waals surface area contributed by atoms with E-state index in [1.54, 1.807) is 26.3 Å². The molecule has 2 rings (SSSR count). The monoisotopic (exact) mass is 401 g/mol. The smallest absolute Gasteiger partial charge is 0.142 e. The Morgan fingerprint density at radius 2 is 1.85 bits per heavy atom. The topological polar surface area (TPSA) is 21.3 Å². The first-order valence-corrected chi connectivity index (χ1v) is 7.61. The fourth-order valence-corrected chi connectivity index (χ4v) is 2.95. The number of nitrogens with one attached hydrogen (secondary N) is 1. The standard InChI is InChI=1S/C15H14Br2FNO/c1-19-15(10-4-3-5-13(17)14(10)18)11-8-9(20-2)6-7-12(11)16/h3-8,15,19H,1-2H3. The average Bonchev–Trinajstić information content (AvgIpc) is 2.46. The summed E-state index contributed by atoms with van der Waals surface area (Å²) in [6.07, 6.45) is 0. The normalized spacial score (nSPS) is 12.2. The summed E-state index contributed by atoms with van der Waals surface area (Å²) in [5, 5.41) is 3.15. The number of rotatable bonds is 4. The molecule has 0 spiro atoms. The molecule has 20 heavy (non-hydrogen) atoms. The average molecular weight is 403 g/mol. The van der Waals surface area contributed by atoms with Crippen molar-refractivity contribution in [1.29, 1.82) is 0 Å². The van der Waals surface area contributed by atoms with Gasteiger partial charge in [0.2, 0.25) is 0 Å². The molecule has 106 valence electrons. The summed E-state index contributed by atoms with van der Waals surface area (Å²) in [6.45, 7) is 0. The van der Waals surface area contributed by atoms with Crippen LogP contribution in [0, 0.1) is 5.82 Å². The van der Waals surface area contributed by atoms with E-state index in [2.05, 4.69) is 37.2 Å². The molecule has 0 bridgehead atoms. The van der Waals surface area contributed by atoms with Crippen LogP contribution in [0.1, 0.15) is 17.2 Å². The number of hydrogen-bond donors (Lipinski definition) is 1. The van der Waals surface area contributed by atoms with Gasteiger partial charge < -0.3 is 10.1 Å². The molecule has 0 aliphatic rings. The summed E-state index contributed by atoms with van der Waals surface area (Å²) in [5.41, 5.74) is 1.50. The van der Waals surface area contributed by atoms with Crippen molar-refractivity contribution in [3.63, 3.8) is 0 Å². The van der Waals surface area contributed by atoms with Gasteiger partial charge in [-0.2, -0.15) is 0 Å². The Morgan fingerprint density at radius 1 is 1.10 bits per heavy atom. The molecule has 0 fully saturated rings. The number of methoxy groups -OCH3 is 1. The minimum Gasteiger partial charge on any atom is -0.497 e. The summed E-state index contributed by atoms with van der Waals surface area (Å²) in [4.78, 5) is 0. The third-order valence-corrected chi connectivity index (χ3v) is 4.43. The van der Waals surface area contributed by atoms with Crippen LogP contribution in [0.4, 0.5) is 4.39 Å². The van der Waals surface area contributed by atoms with E-state index < -0.39 is 0 Å². The van der Waals surface area contributed by atoms with Gasteiger partial charge in [0.05, 0.1) is 17.6 Å². The van der Waals surface area contributed by atoms with Crippen molar-refractivity contribution in [3.05, 3.63) is 62.3 Å². The summed E-state index contributed by atoms with van der Waals surface area (Å²) in [7, 11) is 3.41. The zero-order chi connectivity index (χ0) is 14.7. The van der Waals surface area contributed by atoms with Crippen LogP contribution in [-0.2, 0) is 0 Å². The number of hydrogen-bond acceptors (Lipinski definition) is 2. The highest BCUT2D eigenvalue weighted by atomic mass is 79.9. The van der Waals surface area contributed by atoms with Crippen molar-refractivity contribution in [1.82, 2.24) is 5.32 Å². The lowest BCUT2D eigenvalue weighted by Gasteiger charge is -2.20. The minimum absolute atomic E-state index is 0.262. The van der Waals surface area contributed by atoms with Crippen LogP contribution in [0.2, 0.25) is 0 Å². The lowest BCUT2D eigenvalue weighted by Crippen LogP contribution is -2.19. The van der Waals surface area contributed by atoms with E-state index in [0.717, 1.165) is 15.8 Å². The summed E-state index contributed by atoms with van der Waals surface area (Å²) < 4.78 is 20.9. The summed E-state index contributed by atoms with van der Waals surface area (Å²) in [6, 6.07) is 10.7. The van der Waals surface area contributed by atoms with Gasteiger partial charge in [-0.15, -0.1) is 0 Å². The molecule has 0 aliphatic heterocycles. The molecule has 0 saturated heterocycles. The zero-order valence-electron chi connectivity index (χ0n) is 11.1. The van der Waals surface area contributed by atoms with Crippen LogP contribution in [-0.4, -0.2) is 14.2 Å². The lowest BCUT2D eigenvalue weighted by atomic mass is 9.98. The molecule has 0 aromatic heterocycles. The van der Waals surface area contributed by atoms with Crippen LogP contribution in [0.25, 0.3) is 0 Å². The van der Waals surface area contributed by atoms with E-state index >= 15 is 0 Å². The maximum absolute atomic E-state index is 14.3. The third-order valence-electron chi connectivity index (χ3n) is 3.10. The highest BCUT2D eigenvalue weighted by Gasteiger charge is 2.20. The first-order chi connectivity index (χ1) is 9.58. The van der Waals surface area contributed by atoms with Gasteiger partial charge in [-0.25, -0.2) is 4.39 Å². The lowest BCUT2D eigenvalue weighted by molar-refractivity contribution is 0.413. The second-order valence-electron chi connectivity index (χ2n) is 4.25. The summed E-state index contributed by atoms with van der Waals surface area (Å²) >= 11 is 6.74. The van der Waals surface area contributed by atoms with Gasteiger partial charge in [0, 0.05) is 10.0 Å². The van der Waals surface area contributed by atoms with Crippen molar-refractivity contribution in [3.8, 4) is 5.75 Å². The molecule has 0 heterocycles. The molecule has 2 aromatic carbocycles. The van der Waals surface area contributed by atoms with Gasteiger partial charge >= 0.3 is 0 Å². The Kier molecular flexibility index (Phi) is 5.18. The van der Waals surface area contributed by atoms with Crippen molar-refractivity contribution in [2.75, 3.05) is 14.2 Å². The zero-order valence-corrected chi connectivity index (χ0v) is 14.3. The van der Waals surface area contributed by atoms with Crippen LogP contribution in [0.3, 0.4) is 0 Å². The molecule has 0 aliphatic carbocycles. The van der Waals surface area contributed by atoms with Gasteiger partial charge in [-0.1, -0.05) is 28.1 Å². The van der Waals surface area contributed by atoms with Gasteiger partial charge in [0.1, 0.15) is 11.6 Å². The van der Waals surface area contributed by atoms with E-state index in [9.17, 15) is 4.39 Å². The Balaban J connectivity index is 2.55. The molecule has 1 atom stereocenters. The Hall–Kier alpha value is -0.910. The van der Waals surface area contributed by atoms with E-state index in [0.29, 0.717) is 10.0 Å². The van der Waals surface area contributed by atoms with Gasteiger partial charge in [0.15, 0.2) is 0 Å². The quantitative estimate of drug-likeness (QED) is 0.802. The molecule has 1 N–H and O–H groups in total. The van der Waals surface area contributed by atoms with E-state index in [1.165, 1.54) is 0 Å². The van der Waals surface area contributed by atoms with E-state index in [4.69, 9.17) is 4.74 Å². The number of ether oxygens (including phenoxy) is 1. The van der Waals surface area contributed by atoms with Crippen LogP contribution in [0.15, 0.2) is 45.3 Å². The van der Waals surface area contributed by atoms with Gasteiger partial charge in [-0.05, 0) is 52.8 Å². The van der Waals surface area contributed by atoms with Crippen LogP contribution in [0.5, 0.6) is 5.75 Å². The predicted octanol–water partition coefficient (Wildman–Crippen LogP) is 4.67. The van der Waals surface area contributed by atoms with Crippen molar-refractivity contribution >= 4 is 31.9 Å². The molecule has 0 amide bonds. The van der Waals surface area contributed by atoms with Gasteiger partial charge in [0.25, 0.3) is 0 Å². The Morgan fingerprint density at radius 3 is 2.50 bits per heavy atom. The molecule has 2 aromatic rings. The highest BCUT2D eigenvalue weighted by molar-refractivity contribution is 9.10. The highest BCUT2D eigenvalue weighted by Crippen LogP contribution is 2.34. The third kappa shape index (κ3) is 3.05. The number of benzene rings is 2. The molecular weight excluding hydrogens is 389 g/mol. The predicted molar refractivity (Wildman–Crippen MR) is 85.7 cm³/mol. The van der Waals surface area contributed by atoms with Crippen molar-refractivity contribution in [2.45, 2.75) is 6.04 Å². The minimum atomic E-state index is -0.267. The Bertz CT molecular complexity index is 619. The first-order valence-electron chi connectivity index (χ1n) is 6.03. The van der Waals surface area contributed by atoms with Crippen LogP contribution < -0.4 is 10.1 Å². The Labute approximate surface area is 134 Å². The van der Waals surface area contributed by atoms with Crippen LogP contribution >= 0.6 is 31.9 Å². The van der Waals surface area contributed by atoms with E-state index in [-0.39, 0.29) is 11.9 Å². The SMILES string of the molecule is CNC(c1cc(OC)ccc1Br)c1cccc(Br)c1F. The number of halogens is 3. The van der Waals surface area contributed by atoms with E-state index in [1.807, 2.05) is 24.3 Å². The summed E-state index contributed by atoms with van der Waals surface area (Å²) in [5.74, 6) is 0.473. The second kappa shape index (κ2) is 6.70. The molecular formula is C15H14Br2FNO. The first kappa shape index (κ1) is 15.5. The fourth-order valence-electron chi connectivity index (χ4n) is 2.09. The molecule has 0 radical (unpaired) electrons. The second-order valence-corrected chi connectivity index (χ2v) is 5.96. The van der Waals surface area contributed by atoms with Crippen molar-refractivity contribution < 1.29 is 9.13 Å². The van der Waals surface area contributed by atoms with Gasteiger partial charge in [-0.3, -0.25) is 0 Å². The maximum Gasteiger partial charge on any atom is 0.142 e. The fraction of sp³-hybridized carbons (Fsp3) is 0.200. The molecule has 1 unspecified atom stereocenters. The maximum atomic E-state index is 14.3. The molecule has 0 saturated carbocycles. The van der Waals surface area contributed by atoms with Crippen molar-refractivity contribution in [2.24, 2.45) is 0 Å². The molecule has 5 heteroatoms. The largest absolute Gasteiger partial charge is 0.497 e.